The molecule has 22 heavy (non-hydrogen) atoms. The minimum Gasteiger partial charge on any atom is -0.305 e. The molecule has 0 unspecified atom stereocenters. The number of rotatable bonds is 1. The number of nitrogens with one attached hydrogen (secondary N) is 1. The standard InChI is InChI=1S/C13H6ClF3N4O/c14-10-4-7-9(5-19-10)20-11(21-12(7)22)8-3-6(1-2-18-8)13(15,16)17/h1-5H,(H,20,21,22). The van der Waals surface area contributed by atoms with Crippen LogP contribution in [0.1, 0.15) is 5.56 Å². The maximum atomic E-state index is 12.7. The Kier molecular flexibility index (Phi) is 3.32. The van der Waals surface area contributed by atoms with Crippen molar-refractivity contribution in [3.8, 4) is 11.5 Å². The van der Waals surface area contributed by atoms with Crippen LogP contribution in [0.2, 0.25) is 5.15 Å². The van der Waals surface area contributed by atoms with Crippen LogP contribution in [0.15, 0.2) is 35.4 Å². The van der Waals surface area contributed by atoms with Gasteiger partial charge in [0.1, 0.15) is 10.8 Å². The van der Waals surface area contributed by atoms with Gasteiger partial charge in [-0.05, 0) is 18.2 Å². The first-order chi connectivity index (χ1) is 10.3. The Morgan fingerprint density at radius 1 is 1.18 bits per heavy atom. The van der Waals surface area contributed by atoms with Crippen LogP contribution < -0.4 is 5.56 Å². The number of aromatic nitrogens is 4. The van der Waals surface area contributed by atoms with E-state index in [9.17, 15) is 18.0 Å². The lowest BCUT2D eigenvalue weighted by atomic mass is 10.2. The van der Waals surface area contributed by atoms with E-state index in [0.29, 0.717) is 0 Å². The molecule has 0 fully saturated rings. The second kappa shape index (κ2) is 5.06. The van der Waals surface area contributed by atoms with Crippen LogP contribution in [0.3, 0.4) is 0 Å². The van der Waals surface area contributed by atoms with Crippen LogP contribution in [-0.2, 0) is 6.18 Å². The number of nitrogens with zero attached hydrogens (tertiary/aromatic N) is 3. The Morgan fingerprint density at radius 3 is 2.68 bits per heavy atom. The Balaban J connectivity index is 2.19. The van der Waals surface area contributed by atoms with Crippen LogP contribution >= 0.6 is 11.6 Å². The van der Waals surface area contributed by atoms with Gasteiger partial charge in [0.05, 0.1) is 22.7 Å². The van der Waals surface area contributed by atoms with Crippen molar-refractivity contribution in [1.82, 2.24) is 19.9 Å². The number of hydrogen-bond donors (Lipinski definition) is 1. The molecule has 3 rings (SSSR count). The average molecular weight is 327 g/mol. The molecule has 0 aliphatic heterocycles. The maximum Gasteiger partial charge on any atom is 0.416 e. The van der Waals surface area contributed by atoms with Crippen molar-refractivity contribution < 1.29 is 13.2 Å². The molecule has 0 aromatic carbocycles. The third-order valence-corrected chi connectivity index (χ3v) is 3.09. The fourth-order valence-corrected chi connectivity index (χ4v) is 2.03. The van der Waals surface area contributed by atoms with Gasteiger partial charge < -0.3 is 4.98 Å². The summed E-state index contributed by atoms with van der Waals surface area (Å²) < 4.78 is 38.1. The molecule has 0 bridgehead atoms. The van der Waals surface area contributed by atoms with Crippen LogP contribution in [-0.4, -0.2) is 19.9 Å². The molecule has 0 saturated heterocycles. The van der Waals surface area contributed by atoms with Crippen LogP contribution in [0, 0.1) is 0 Å². The molecule has 0 aliphatic rings. The maximum absolute atomic E-state index is 12.7. The Hall–Kier alpha value is -2.48. The third kappa shape index (κ3) is 2.64. The summed E-state index contributed by atoms with van der Waals surface area (Å²) in [5.41, 5.74) is -1.30. The van der Waals surface area contributed by atoms with E-state index in [-0.39, 0.29) is 27.6 Å². The first-order valence-corrected chi connectivity index (χ1v) is 6.31. The fraction of sp³-hybridized carbons (Fsp3) is 0.0769. The smallest absolute Gasteiger partial charge is 0.305 e. The van der Waals surface area contributed by atoms with Gasteiger partial charge in [0.15, 0.2) is 5.82 Å². The van der Waals surface area contributed by atoms with E-state index in [4.69, 9.17) is 11.6 Å². The molecule has 0 radical (unpaired) electrons. The summed E-state index contributed by atoms with van der Waals surface area (Å²) in [6.45, 7) is 0. The van der Waals surface area contributed by atoms with E-state index in [1.807, 2.05) is 0 Å². The van der Waals surface area contributed by atoms with E-state index in [1.54, 1.807) is 0 Å². The molecule has 0 atom stereocenters. The van der Waals surface area contributed by atoms with E-state index in [0.717, 1.165) is 18.3 Å². The summed E-state index contributed by atoms with van der Waals surface area (Å²) >= 11 is 5.69. The van der Waals surface area contributed by atoms with Gasteiger partial charge in [0, 0.05) is 6.20 Å². The molecule has 0 spiro atoms. The second-order valence-corrected chi connectivity index (χ2v) is 4.75. The number of pyridine rings is 2. The van der Waals surface area contributed by atoms with Crippen molar-refractivity contribution in [3.05, 3.63) is 51.7 Å². The number of hydrogen-bond acceptors (Lipinski definition) is 4. The lowest BCUT2D eigenvalue weighted by Gasteiger charge is -2.08. The molecular weight excluding hydrogens is 321 g/mol. The van der Waals surface area contributed by atoms with Gasteiger partial charge in [-0.2, -0.15) is 13.2 Å². The molecular formula is C13H6ClF3N4O. The van der Waals surface area contributed by atoms with Crippen molar-refractivity contribution in [2.24, 2.45) is 0 Å². The minimum atomic E-state index is -4.51. The van der Waals surface area contributed by atoms with Crippen molar-refractivity contribution >= 4 is 22.5 Å². The van der Waals surface area contributed by atoms with Gasteiger partial charge in [0.2, 0.25) is 0 Å². The molecule has 0 aliphatic carbocycles. The summed E-state index contributed by atoms with van der Waals surface area (Å²) in [7, 11) is 0. The van der Waals surface area contributed by atoms with Gasteiger partial charge >= 0.3 is 6.18 Å². The molecule has 0 amide bonds. The monoisotopic (exact) mass is 326 g/mol. The van der Waals surface area contributed by atoms with Crippen molar-refractivity contribution in [3.63, 3.8) is 0 Å². The fourth-order valence-electron chi connectivity index (χ4n) is 1.87. The van der Waals surface area contributed by atoms with Gasteiger partial charge in [-0.1, -0.05) is 11.6 Å². The molecule has 0 saturated carbocycles. The van der Waals surface area contributed by atoms with E-state index < -0.39 is 17.3 Å². The van der Waals surface area contributed by atoms with Crippen molar-refractivity contribution in [1.29, 1.82) is 0 Å². The van der Waals surface area contributed by atoms with E-state index in [2.05, 4.69) is 19.9 Å². The van der Waals surface area contributed by atoms with E-state index in [1.165, 1.54) is 12.3 Å². The number of H-pyrrole nitrogens is 1. The Labute approximate surface area is 125 Å². The summed E-state index contributed by atoms with van der Waals surface area (Å²) in [6.07, 6.45) is -2.24. The predicted octanol–water partition coefficient (Wildman–Crippen LogP) is 3.05. The van der Waals surface area contributed by atoms with Crippen LogP contribution in [0.4, 0.5) is 13.2 Å². The summed E-state index contributed by atoms with van der Waals surface area (Å²) in [5.74, 6) is -0.0762. The van der Waals surface area contributed by atoms with Crippen molar-refractivity contribution in [2.45, 2.75) is 6.18 Å². The first kappa shape index (κ1) is 14.5. The van der Waals surface area contributed by atoms with Crippen LogP contribution in [0.25, 0.3) is 22.4 Å². The van der Waals surface area contributed by atoms with Gasteiger partial charge in [-0.15, -0.1) is 0 Å². The highest BCUT2D eigenvalue weighted by molar-refractivity contribution is 6.30. The summed E-state index contributed by atoms with van der Waals surface area (Å²) in [5, 5.41) is 0.306. The minimum absolute atomic E-state index is 0.0762. The summed E-state index contributed by atoms with van der Waals surface area (Å²) in [4.78, 5) is 26.0. The second-order valence-electron chi connectivity index (χ2n) is 4.37. The zero-order chi connectivity index (χ0) is 15.9. The normalized spacial score (nSPS) is 11.8. The molecule has 9 heteroatoms. The molecule has 3 aromatic heterocycles. The highest BCUT2D eigenvalue weighted by Gasteiger charge is 2.31. The Morgan fingerprint density at radius 2 is 1.95 bits per heavy atom. The Bertz CT molecular complexity index is 923. The summed E-state index contributed by atoms with van der Waals surface area (Å²) in [6, 6.07) is 2.98. The molecule has 1 N–H and O–H groups in total. The van der Waals surface area contributed by atoms with Crippen molar-refractivity contribution in [2.75, 3.05) is 0 Å². The van der Waals surface area contributed by atoms with Gasteiger partial charge in [-0.3, -0.25) is 9.78 Å². The molecule has 5 nitrogen and oxygen atoms in total. The number of alkyl halides is 3. The van der Waals surface area contributed by atoms with Crippen LogP contribution in [0.5, 0.6) is 0 Å². The molecule has 3 aromatic rings. The number of aromatic amines is 1. The number of halogens is 4. The zero-order valence-corrected chi connectivity index (χ0v) is 11.4. The van der Waals surface area contributed by atoms with E-state index >= 15 is 0 Å². The van der Waals surface area contributed by atoms with Gasteiger partial charge in [0.25, 0.3) is 5.56 Å². The largest absolute Gasteiger partial charge is 0.416 e. The number of fused-ring (bicyclic) bond motifs is 1. The van der Waals surface area contributed by atoms with Gasteiger partial charge in [-0.25, -0.2) is 9.97 Å². The molecule has 112 valence electrons. The highest BCUT2D eigenvalue weighted by Crippen LogP contribution is 2.30. The lowest BCUT2D eigenvalue weighted by molar-refractivity contribution is -0.137. The quantitative estimate of drug-likeness (QED) is 0.698. The third-order valence-electron chi connectivity index (χ3n) is 2.89. The first-order valence-electron chi connectivity index (χ1n) is 5.94. The topological polar surface area (TPSA) is 71.5 Å². The SMILES string of the molecule is O=c1[nH]c(-c2cc(C(F)(F)F)ccn2)nc2cnc(Cl)cc12. The zero-order valence-electron chi connectivity index (χ0n) is 10.6. The lowest BCUT2D eigenvalue weighted by Crippen LogP contribution is -2.11. The average Bonchev–Trinajstić information content (AvgIpc) is 2.47. The predicted molar refractivity (Wildman–Crippen MR) is 73.4 cm³/mol. The molecule has 3 heterocycles. The highest BCUT2D eigenvalue weighted by atomic mass is 35.5.